The molecule has 0 radical (unpaired) electrons. The topological polar surface area (TPSA) is 111 Å². The highest BCUT2D eigenvalue weighted by molar-refractivity contribution is 9.10. The van der Waals surface area contributed by atoms with Crippen molar-refractivity contribution in [3.63, 3.8) is 0 Å². The van der Waals surface area contributed by atoms with Crippen LogP contribution in [0.15, 0.2) is 53.4 Å². The number of halogens is 2. The lowest BCUT2D eigenvalue weighted by Gasteiger charge is -2.19. The number of carbonyl (C=O) groups excluding carboxylic acids is 2. The van der Waals surface area contributed by atoms with Crippen LogP contribution >= 0.6 is 15.9 Å². The van der Waals surface area contributed by atoms with Crippen molar-refractivity contribution in [1.82, 2.24) is 24.8 Å². The van der Waals surface area contributed by atoms with Crippen LogP contribution in [0.5, 0.6) is 0 Å². The number of fused-ring (bicyclic) bond motifs is 1. The Labute approximate surface area is 215 Å². The number of nitrogens with one attached hydrogen (secondary N) is 2. The van der Waals surface area contributed by atoms with Crippen molar-refractivity contribution in [2.45, 2.75) is 26.4 Å². The fourth-order valence-electron chi connectivity index (χ4n) is 3.65. The molecule has 2 amide bonds. The minimum Gasteiger partial charge on any atom is -0.444 e. The first-order chi connectivity index (χ1) is 17.0. The van der Waals surface area contributed by atoms with E-state index >= 15 is 0 Å². The second kappa shape index (κ2) is 10.0. The number of carbonyl (C=O) groups is 2. The minimum absolute atomic E-state index is 0.186. The Hall–Kier alpha value is -3.86. The van der Waals surface area contributed by atoms with Crippen LogP contribution in [0.1, 0.15) is 20.8 Å². The molecule has 0 bridgehead atoms. The summed E-state index contributed by atoms with van der Waals surface area (Å²) in [6.07, 6.45) is 2.65. The molecule has 3 heterocycles. The fourth-order valence-corrected chi connectivity index (χ4v) is 4.02. The third-order valence-corrected chi connectivity index (χ3v) is 5.65. The highest BCUT2D eigenvalue weighted by atomic mass is 79.9. The van der Waals surface area contributed by atoms with Crippen molar-refractivity contribution in [1.29, 1.82) is 0 Å². The third kappa shape index (κ3) is 5.51. The summed E-state index contributed by atoms with van der Waals surface area (Å²) in [4.78, 5) is 37.8. The molecule has 1 aromatic carbocycles. The van der Waals surface area contributed by atoms with E-state index < -0.39 is 17.6 Å². The molecule has 0 unspecified atom stereocenters. The van der Waals surface area contributed by atoms with Crippen LogP contribution < -0.4 is 10.6 Å². The number of rotatable bonds is 5. The number of pyridine rings is 1. The van der Waals surface area contributed by atoms with Gasteiger partial charge in [-0.05, 0) is 84.2 Å². The number of nitrogens with zero attached hydrogens (tertiary/aromatic N) is 4. The van der Waals surface area contributed by atoms with Gasteiger partial charge in [0.25, 0.3) is 0 Å². The van der Waals surface area contributed by atoms with Gasteiger partial charge >= 0.3 is 6.09 Å². The first-order valence-corrected chi connectivity index (χ1v) is 11.8. The van der Waals surface area contributed by atoms with Crippen molar-refractivity contribution in [2.24, 2.45) is 7.05 Å². The lowest BCUT2D eigenvalue weighted by Crippen LogP contribution is -2.37. The summed E-state index contributed by atoms with van der Waals surface area (Å²) in [5.74, 6) is -0.657. The van der Waals surface area contributed by atoms with Crippen molar-refractivity contribution in [2.75, 3.05) is 11.9 Å². The molecule has 11 heteroatoms. The van der Waals surface area contributed by atoms with E-state index in [0.29, 0.717) is 15.8 Å². The molecule has 0 spiro atoms. The molecule has 9 nitrogen and oxygen atoms in total. The largest absolute Gasteiger partial charge is 0.444 e. The van der Waals surface area contributed by atoms with E-state index in [2.05, 4.69) is 41.5 Å². The van der Waals surface area contributed by atoms with Gasteiger partial charge in [0.1, 0.15) is 28.1 Å². The highest BCUT2D eigenvalue weighted by Crippen LogP contribution is 2.40. The Kier molecular flexibility index (Phi) is 7.02. The summed E-state index contributed by atoms with van der Waals surface area (Å²) in [6, 6.07) is 9.88. The van der Waals surface area contributed by atoms with E-state index in [0.717, 1.165) is 22.4 Å². The van der Waals surface area contributed by atoms with Gasteiger partial charge in [0, 0.05) is 25.0 Å². The molecule has 0 atom stereocenters. The number of hydrogen-bond acceptors (Lipinski definition) is 6. The fraction of sp³-hybridized carbons (Fsp3) is 0.240. The first kappa shape index (κ1) is 25.2. The molecule has 0 aliphatic carbocycles. The van der Waals surface area contributed by atoms with Crippen LogP contribution in [0.4, 0.5) is 15.0 Å². The van der Waals surface area contributed by atoms with Gasteiger partial charge in [-0.2, -0.15) is 0 Å². The number of anilines is 1. The van der Waals surface area contributed by atoms with Crippen LogP contribution in [0.25, 0.3) is 33.5 Å². The minimum atomic E-state index is -0.702. The zero-order valence-electron chi connectivity index (χ0n) is 20.1. The molecule has 4 rings (SSSR count). The quantitative estimate of drug-likeness (QED) is 0.356. The van der Waals surface area contributed by atoms with E-state index in [1.165, 1.54) is 12.1 Å². The Morgan fingerprint density at radius 1 is 1.06 bits per heavy atom. The van der Waals surface area contributed by atoms with E-state index in [-0.39, 0.29) is 18.2 Å². The summed E-state index contributed by atoms with van der Waals surface area (Å²) in [7, 11) is 1.82. The van der Waals surface area contributed by atoms with E-state index in [1.54, 1.807) is 45.3 Å². The standard InChI is InChI=1S/C25H24BrFN6O3/c1-25(2,3)36-24(35)29-13-17(34)30-22-21(26)31-19-18(14-9-11-28-12-10-14)20(33(4)23(19)32-22)15-5-7-16(27)8-6-15/h5-12H,13H2,1-4H3,(H,29,35)(H,30,32,34). The molecule has 0 fully saturated rings. The summed E-state index contributed by atoms with van der Waals surface area (Å²) in [5.41, 5.74) is 3.60. The number of alkyl carbamates (subject to hydrolysis) is 1. The molecule has 2 N–H and O–H groups in total. The average Bonchev–Trinajstić information content (AvgIpc) is 3.09. The molecule has 0 aliphatic heterocycles. The Morgan fingerprint density at radius 3 is 2.36 bits per heavy atom. The zero-order valence-corrected chi connectivity index (χ0v) is 21.7. The van der Waals surface area contributed by atoms with Crippen molar-refractivity contribution < 1.29 is 18.7 Å². The van der Waals surface area contributed by atoms with Gasteiger partial charge in [0.05, 0.1) is 5.69 Å². The van der Waals surface area contributed by atoms with Gasteiger partial charge < -0.3 is 19.9 Å². The van der Waals surface area contributed by atoms with E-state index in [9.17, 15) is 14.0 Å². The van der Waals surface area contributed by atoms with E-state index in [1.807, 2.05) is 23.7 Å². The third-order valence-electron chi connectivity index (χ3n) is 5.10. The number of ether oxygens (including phenoxy) is 1. The molecule has 186 valence electrons. The Balaban J connectivity index is 1.72. The van der Waals surface area contributed by atoms with Gasteiger partial charge in [-0.1, -0.05) is 0 Å². The van der Waals surface area contributed by atoms with Crippen molar-refractivity contribution >= 4 is 44.9 Å². The number of amides is 2. The summed E-state index contributed by atoms with van der Waals surface area (Å²) >= 11 is 3.40. The maximum Gasteiger partial charge on any atom is 0.408 e. The van der Waals surface area contributed by atoms with Gasteiger partial charge in [-0.25, -0.2) is 19.2 Å². The zero-order chi connectivity index (χ0) is 26.0. The summed E-state index contributed by atoms with van der Waals surface area (Å²) in [6.45, 7) is 4.88. The maximum atomic E-state index is 13.6. The Bertz CT molecular complexity index is 1430. The molecule has 36 heavy (non-hydrogen) atoms. The number of aryl methyl sites for hydroxylation is 1. The van der Waals surface area contributed by atoms with Crippen LogP contribution in [-0.2, 0) is 16.6 Å². The van der Waals surface area contributed by atoms with Crippen molar-refractivity contribution in [3.8, 4) is 22.4 Å². The Morgan fingerprint density at radius 2 is 1.72 bits per heavy atom. The number of hydrogen-bond donors (Lipinski definition) is 2. The number of aromatic nitrogens is 4. The smallest absolute Gasteiger partial charge is 0.408 e. The summed E-state index contributed by atoms with van der Waals surface area (Å²) in [5, 5.41) is 5.07. The van der Waals surface area contributed by atoms with E-state index in [4.69, 9.17) is 4.74 Å². The van der Waals surface area contributed by atoms with Gasteiger partial charge in [0.2, 0.25) is 5.91 Å². The molecule has 0 saturated heterocycles. The molecule has 0 saturated carbocycles. The van der Waals surface area contributed by atoms with Crippen LogP contribution in [0.2, 0.25) is 0 Å². The molecule has 0 aliphatic rings. The van der Waals surface area contributed by atoms with Crippen LogP contribution in [0, 0.1) is 5.82 Å². The molecule has 3 aromatic heterocycles. The predicted molar refractivity (Wildman–Crippen MR) is 138 cm³/mol. The van der Waals surface area contributed by atoms with Crippen molar-refractivity contribution in [3.05, 3.63) is 59.2 Å². The normalized spacial score (nSPS) is 11.4. The summed E-state index contributed by atoms with van der Waals surface area (Å²) < 4.78 is 20.9. The van der Waals surface area contributed by atoms with Gasteiger partial charge in [-0.3, -0.25) is 9.78 Å². The lowest BCUT2D eigenvalue weighted by atomic mass is 10.0. The van der Waals surface area contributed by atoms with Gasteiger partial charge in [-0.15, -0.1) is 0 Å². The SMILES string of the molecule is Cn1c(-c2ccc(F)cc2)c(-c2ccncc2)c2nc(Br)c(NC(=O)CNC(=O)OC(C)(C)C)nc21. The number of benzene rings is 1. The second-order valence-electron chi connectivity index (χ2n) is 8.96. The molecule has 4 aromatic rings. The maximum absolute atomic E-state index is 13.6. The van der Waals surface area contributed by atoms with Crippen LogP contribution in [0.3, 0.4) is 0 Å². The molecular weight excluding hydrogens is 531 g/mol. The average molecular weight is 555 g/mol. The predicted octanol–water partition coefficient (Wildman–Crippen LogP) is 5.06. The van der Waals surface area contributed by atoms with Crippen LogP contribution in [-0.4, -0.2) is 43.7 Å². The highest BCUT2D eigenvalue weighted by Gasteiger charge is 2.23. The molecular formula is C25H24BrFN6O3. The second-order valence-corrected chi connectivity index (χ2v) is 9.72. The monoisotopic (exact) mass is 554 g/mol. The van der Waals surface area contributed by atoms with Gasteiger partial charge in [0.15, 0.2) is 11.5 Å². The first-order valence-electron chi connectivity index (χ1n) is 11.0. The lowest BCUT2D eigenvalue weighted by molar-refractivity contribution is -0.115.